The maximum absolute atomic E-state index is 13.3. The summed E-state index contributed by atoms with van der Waals surface area (Å²) in [4.78, 5) is -0.296. The van der Waals surface area contributed by atoms with Crippen LogP contribution in [0.5, 0.6) is 0 Å². The van der Waals surface area contributed by atoms with Gasteiger partial charge < -0.3 is 5.73 Å². The second-order valence-corrected chi connectivity index (χ2v) is 6.89. The lowest BCUT2D eigenvalue weighted by Crippen LogP contribution is -2.15. The molecule has 3 N–H and O–H groups in total. The summed E-state index contributed by atoms with van der Waals surface area (Å²) in [7, 11) is -4.06. The molecule has 0 heterocycles. The minimum absolute atomic E-state index is 0.0814. The van der Waals surface area contributed by atoms with Crippen LogP contribution >= 0.6 is 23.2 Å². The first-order chi connectivity index (χ1) is 9.69. The van der Waals surface area contributed by atoms with Crippen LogP contribution in [0, 0.1) is 12.7 Å². The van der Waals surface area contributed by atoms with Crippen molar-refractivity contribution in [3.05, 3.63) is 51.8 Å². The highest BCUT2D eigenvalue weighted by Crippen LogP contribution is 2.32. The minimum Gasteiger partial charge on any atom is -0.398 e. The molecule has 2 aromatic carbocycles. The van der Waals surface area contributed by atoms with E-state index in [1.165, 1.54) is 24.3 Å². The minimum atomic E-state index is -4.06. The zero-order chi connectivity index (χ0) is 15.8. The van der Waals surface area contributed by atoms with Gasteiger partial charge in [-0.1, -0.05) is 23.2 Å². The van der Waals surface area contributed by atoms with Gasteiger partial charge in [-0.3, -0.25) is 4.72 Å². The van der Waals surface area contributed by atoms with Crippen LogP contribution in [0.1, 0.15) is 5.56 Å². The lowest BCUT2D eigenvalue weighted by Gasteiger charge is -2.12. The Morgan fingerprint density at radius 2 is 1.81 bits per heavy atom. The fraction of sp³-hybridized carbons (Fsp3) is 0.0769. The second kappa shape index (κ2) is 5.71. The fourth-order valence-corrected chi connectivity index (χ4v) is 3.89. The van der Waals surface area contributed by atoms with Gasteiger partial charge in [0.2, 0.25) is 0 Å². The molecule has 0 aliphatic heterocycles. The summed E-state index contributed by atoms with van der Waals surface area (Å²) in [6.45, 7) is 1.64. The zero-order valence-electron chi connectivity index (χ0n) is 10.8. The second-order valence-electron chi connectivity index (χ2n) is 4.43. The number of benzene rings is 2. The Bertz CT molecular complexity index is 767. The topological polar surface area (TPSA) is 72.2 Å². The van der Waals surface area contributed by atoms with E-state index in [2.05, 4.69) is 4.72 Å². The molecular formula is C13H11Cl2FN2O2S. The largest absolute Gasteiger partial charge is 0.398 e. The highest BCUT2D eigenvalue weighted by atomic mass is 35.5. The van der Waals surface area contributed by atoms with Crippen LogP contribution in [0.2, 0.25) is 10.0 Å². The van der Waals surface area contributed by atoms with Crippen molar-refractivity contribution in [3.8, 4) is 0 Å². The monoisotopic (exact) mass is 348 g/mol. The molecule has 0 aliphatic rings. The smallest absolute Gasteiger partial charge is 0.265 e. The normalized spacial score (nSPS) is 11.4. The molecule has 8 heteroatoms. The first-order valence-electron chi connectivity index (χ1n) is 5.73. The molecule has 0 fully saturated rings. The van der Waals surface area contributed by atoms with Crippen LogP contribution in [0.15, 0.2) is 35.2 Å². The average Bonchev–Trinajstić information content (AvgIpc) is 2.23. The molecule has 4 nitrogen and oxygen atoms in total. The third kappa shape index (κ3) is 3.58. The van der Waals surface area contributed by atoms with E-state index in [4.69, 9.17) is 28.9 Å². The van der Waals surface area contributed by atoms with E-state index in [9.17, 15) is 12.8 Å². The van der Waals surface area contributed by atoms with Crippen molar-refractivity contribution in [1.29, 1.82) is 0 Å². The molecule has 0 unspecified atom stereocenters. The molecule has 112 valence electrons. The number of sulfonamides is 1. The molecule has 0 amide bonds. The number of hydrogen-bond acceptors (Lipinski definition) is 3. The Balaban J connectivity index is 2.48. The maximum Gasteiger partial charge on any atom is 0.265 e. The Hall–Kier alpha value is -1.50. The molecule has 21 heavy (non-hydrogen) atoms. The van der Waals surface area contributed by atoms with Crippen LogP contribution in [-0.4, -0.2) is 8.42 Å². The number of rotatable bonds is 3. The molecule has 0 spiro atoms. The summed E-state index contributed by atoms with van der Waals surface area (Å²) in [6.07, 6.45) is 0. The highest BCUT2D eigenvalue weighted by Gasteiger charge is 2.22. The van der Waals surface area contributed by atoms with Gasteiger partial charge in [-0.05, 0) is 42.8 Å². The number of anilines is 2. The number of nitrogens with two attached hydrogens (primary N) is 1. The Labute approximate surface area is 131 Å². The summed E-state index contributed by atoms with van der Waals surface area (Å²) >= 11 is 11.6. The molecule has 0 saturated heterocycles. The lowest BCUT2D eigenvalue weighted by molar-refractivity contribution is 0.601. The van der Waals surface area contributed by atoms with Crippen molar-refractivity contribution < 1.29 is 12.8 Å². The quantitative estimate of drug-likeness (QED) is 0.828. The molecule has 0 aliphatic carbocycles. The summed E-state index contributed by atoms with van der Waals surface area (Å²) < 4.78 is 40.2. The first kappa shape index (κ1) is 15.9. The van der Waals surface area contributed by atoms with Gasteiger partial charge in [0.15, 0.2) is 0 Å². The molecular weight excluding hydrogens is 338 g/mol. The van der Waals surface area contributed by atoms with Gasteiger partial charge in [0.1, 0.15) is 10.7 Å². The Morgan fingerprint density at radius 1 is 1.14 bits per heavy atom. The van der Waals surface area contributed by atoms with Crippen molar-refractivity contribution >= 4 is 44.6 Å². The number of aryl methyl sites for hydroxylation is 1. The van der Waals surface area contributed by atoms with Crippen molar-refractivity contribution in [3.63, 3.8) is 0 Å². The van der Waals surface area contributed by atoms with Crippen LogP contribution < -0.4 is 10.5 Å². The van der Waals surface area contributed by atoms with E-state index >= 15 is 0 Å². The fourth-order valence-electron chi connectivity index (χ4n) is 1.87. The van der Waals surface area contributed by atoms with E-state index in [1.54, 1.807) is 6.92 Å². The van der Waals surface area contributed by atoms with Gasteiger partial charge in [0, 0.05) is 5.02 Å². The van der Waals surface area contributed by atoms with Crippen molar-refractivity contribution in [2.45, 2.75) is 11.8 Å². The van der Waals surface area contributed by atoms with E-state index in [-0.39, 0.29) is 26.3 Å². The van der Waals surface area contributed by atoms with Crippen LogP contribution in [-0.2, 0) is 10.0 Å². The Morgan fingerprint density at radius 3 is 2.38 bits per heavy atom. The predicted octanol–water partition coefficient (Wildman–Crippen LogP) is 3.82. The van der Waals surface area contributed by atoms with E-state index in [1.807, 2.05) is 0 Å². The standard InChI is InChI=1S/C13H11Cl2FN2O2S/c1-7-2-9(16)6-10(3-7)18-21(19,20)13-11(15)4-8(14)5-12(13)17/h2-6,18H,17H2,1H3. The van der Waals surface area contributed by atoms with Gasteiger partial charge in [0.05, 0.1) is 16.4 Å². The lowest BCUT2D eigenvalue weighted by atomic mass is 10.2. The molecule has 2 aromatic rings. The SMILES string of the molecule is Cc1cc(F)cc(NS(=O)(=O)c2c(N)cc(Cl)cc2Cl)c1. The molecule has 0 atom stereocenters. The van der Waals surface area contributed by atoms with Crippen LogP contribution in [0.25, 0.3) is 0 Å². The third-order valence-electron chi connectivity index (χ3n) is 2.60. The van der Waals surface area contributed by atoms with Crippen LogP contribution in [0.3, 0.4) is 0 Å². The van der Waals surface area contributed by atoms with Gasteiger partial charge in [-0.15, -0.1) is 0 Å². The number of halogens is 3. The van der Waals surface area contributed by atoms with Gasteiger partial charge >= 0.3 is 0 Å². The van der Waals surface area contributed by atoms with Crippen LogP contribution in [0.4, 0.5) is 15.8 Å². The van der Waals surface area contributed by atoms with Crippen molar-refractivity contribution in [2.24, 2.45) is 0 Å². The van der Waals surface area contributed by atoms with Gasteiger partial charge in [0.25, 0.3) is 10.0 Å². The predicted molar refractivity (Wildman–Crippen MR) is 82.8 cm³/mol. The van der Waals surface area contributed by atoms with Gasteiger partial charge in [-0.2, -0.15) is 0 Å². The van der Waals surface area contributed by atoms with Crippen molar-refractivity contribution in [2.75, 3.05) is 10.5 Å². The number of nitrogens with one attached hydrogen (secondary N) is 1. The van der Waals surface area contributed by atoms with E-state index in [0.29, 0.717) is 5.56 Å². The van der Waals surface area contributed by atoms with Gasteiger partial charge in [-0.25, -0.2) is 12.8 Å². The molecule has 0 bridgehead atoms. The summed E-state index contributed by atoms with van der Waals surface area (Å²) in [5.41, 5.74) is 6.22. The molecule has 0 saturated carbocycles. The third-order valence-corrected chi connectivity index (χ3v) is 4.73. The Kier molecular flexibility index (Phi) is 4.32. The average molecular weight is 349 g/mol. The van der Waals surface area contributed by atoms with Crippen molar-refractivity contribution in [1.82, 2.24) is 0 Å². The maximum atomic E-state index is 13.3. The summed E-state index contributed by atoms with van der Waals surface area (Å²) in [6, 6.07) is 6.37. The number of nitrogen functional groups attached to an aromatic ring is 1. The molecule has 0 aromatic heterocycles. The molecule has 0 radical (unpaired) electrons. The number of hydrogen-bond donors (Lipinski definition) is 2. The zero-order valence-corrected chi connectivity index (χ0v) is 13.2. The molecule has 2 rings (SSSR count). The van der Waals surface area contributed by atoms with E-state index < -0.39 is 15.8 Å². The highest BCUT2D eigenvalue weighted by molar-refractivity contribution is 7.93. The summed E-state index contributed by atoms with van der Waals surface area (Å²) in [5, 5.41) is 0.110. The summed E-state index contributed by atoms with van der Waals surface area (Å²) in [5.74, 6) is -0.553. The van der Waals surface area contributed by atoms with E-state index in [0.717, 1.165) is 6.07 Å². The first-order valence-corrected chi connectivity index (χ1v) is 7.97.